The molecule has 0 spiro atoms. The van der Waals surface area contributed by atoms with Crippen LogP contribution in [-0.4, -0.2) is 26.2 Å². The van der Waals surface area contributed by atoms with E-state index < -0.39 is 0 Å². The maximum atomic E-state index is 12.9. The maximum absolute atomic E-state index is 12.9. The van der Waals surface area contributed by atoms with Gasteiger partial charge < -0.3 is 4.74 Å². The average Bonchev–Trinajstić information content (AvgIpc) is 3.80. The van der Waals surface area contributed by atoms with Crippen molar-refractivity contribution < 1.29 is 4.74 Å². The van der Waals surface area contributed by atoms with Crippen LogP contribution in [0, 0.1) is 18.8 Å². The minimum Gasteiger partial charge on any atom is -0.494 e. The summed E-state index contributed by atoms with van der Waals surface area (Å²) in [5, 5.41) is 40.8. The summed E-state index contributed by atoms with van der Waals surface area (Å²) in [5.74, 6) is 1.77. The third kappa shape index (κ3) is 14.8. The van der Waals surface area contributed by atoms with Gasteiger partial charge in [-0.2, -0.15) is 30.7 Å². The first-order valence-electron chi connectivity index (χ1n) is 23.1. The van der Waals surface area contributed by atoms with Crippen LogP contribution in [-0.2, 0) is 13.0 Å². The molecule has 0 aliphatic heterocycles. The van der Waals surface area contributed by atoms with Crippen molar-refractivity contribution in [1.82, 2.24) is 19.6 Å². The molecule has 4 aromatic carbocycles. The van der Waals surface area contributed by atoms with E-state index >= 15 is 0 Å². The van der Waals surface area contributed by atoms with Crippen LogP contribution in [0.4, 0.5) is 45.5 Å². The van der Waals surface area contributed by atoms with Crippen LogP contribution in [0.3, 0.4) is 0 Å². The highest BCUT2D eigenvalue weighted by atomic mass is 16.5. The molecule has 0 amide bonds. The number of aryl methyl sites for hydroxylation is 1. The molecule has 0 radical (unpaired) electrons. The second-order valence-electron chi connectivity index (χ2n) is 17.3. The van der Waals surface area contributed by atoms with Gasteiger partial charge >= 0.3 is 0 Å². The number of aromatic amines is 2. The Morgan fingerprint density at radius 1 is 0.545 bits per heavy atom. The van der Waals surface area contributed by atoms with Gasteiger partial charge in [0.1, 0.15) is 5.75 Å². The number of hydrogen-bond acceptors (Lipinski definition) is 11. The van der Waals surface area contributed by atoms with Crippen LogP contribution >= 0.6 is 0 Å². The van der Waals surface area contributed by atoms with E-state index in [1.54, 1.807) is 9.36 Å². The lowest BCUT2D eigenvalue weighted by Gasteiger charge is -2.10. The van der Waals surface area contributed by atoms with Crippen molar-refractivity contribution in [3.63, 3.8) is 0 Å². The van der Waals surface area contributed by atoms with Gasteiger partial charge in [0.25, 0.3) is 11.1 Å². The fourth-order valence-corrected chi connectivity index (χ4v) is 6.44. The zero-order valence-electron chi connectivity index (χ0n) is 40.2. The first-order valence-corrected chi connectivity index (χ1v) is 23.1. The lowest BCUT2D eigenvalue weighted by Crippen LogP contribution is -2.19. The number of azo groups is 4. The van der Waals surface area contributed by atoms with Gasteiger partial charge in [-0.05, 0) is 142 Å². The molecule has 15 nitrogen and oxygen atoms in total. The van der Waals surface area contributed by atoms with Crippen LogP contribution in [0.25, 0.3) is 0 Å². The predicted octanol–water partition coefficient (Wildman–Crippen LogP) is 15.8. The molecule has 0 saturated carbocycles. The number of benzene rings is 4. The molecule has 348 valence electrons. The number of unbranched alkanes of at least 4 members (excludes halogenated alkanes) is 1. The van der Waals surface area contributed by atoms with Gasteiger partial charge in [0.2, 0.25) is 0 Å². The first kappa shape index (κ1) is 50.1. The fourth-order valence-electron chi connectivity index (χ4n) is 6.44. The van der Waals surface area contributed by atoms with E-state index in [4.69, 9.17) is 4.74 Å². The van der Waals surface area contributed by atoms with E-state index in [1.807, 2.05) is 111 Å². The van der Waals surface area contributed by atoms with Crippen molar-refractivity contribution in [1.29, 1.82) is 0 Å². The van der Waals surface area contributed by atoms with Crippen LogP contribution in [0.5, 0.6) is 5.75 Å². The molecule has 2 unspecified atom stereocenters. The molecule has 6 aromatic rings. The molecule has 6 rings (SSSR count). The van der Waals surface area contributed by atoms with Gasteiger partial charge in [0.15, 0.2) is 11.4 Å². The second-order valence-corrected chi connectivity index (χ2v) is 17.3. The molecule has 0 aliphatic rings. The monoisotopic (exact) mass is 895 g/mol. The fraction of sp³-hybridized carbons (Fsp3) is 0.412. The zero-order valence-corrected chi connectivity index (χ0v) is 40.2. The van der Waals surface area contributed by atoms with Crippen LogP contribution in [0.15, 0.2) is 148 Å². The molecular formula is C51H66N12O3. The first-order chi connectivity index (χ1) is 31.8. The van der Waals surface area contributed by atoms with Crippen LogP contribution in [0.2, 0.25) is 0 Å². The maximum Gasteiger partial charge on any atom is 0.294 e. The standard InChI is InChI=1S/C27H36N6O2.C24H30N6O/c1-6-9-18-35-24-16-14-23(15-17-24)29-28-21-10-12-22(13-11-21)30-31-26-25(19(4)7-2)32-33(27(26)34)20(5)8-3;1-16(2)14-22-23(24(31)30(29-22)15-17(3)4)28-27-21-12-10-20(11-13-21)26-25-19-8-6-18(5)7-9-19/h10-17,19-20,32H,6-9,18H2,1-5H3;6-13,16-17,29H,14-15H2,1-5H3. The van der Waals surface area contributed by atoms with Gasteiger partial charge in [0, 0.05) is 6.54 Å². The summed E-state index contributed by atoms with van der Waals surface area (Å²) < 4.78 is 8.96. The molecule has 66 heavy (non-hydrogen) atoms. The topological polar surface area (TPSA) is 184 Å². The molecule has 2 heterocycles. The third-order valence-electron chi connectivity index (χ3n) is 10.6. The van der Waals surface area contributed by atoms with E-state index in [0.29, 0.717) is 46.8 Å². The number of nitrogens with zero attached hydrogens (tertiary/aromatic N) is 10. The Labute approximate surface area is 388 Å². The Kier molecular flexibility index (Phi) is 19.0. The van der Waals surface area contributed by atoms with Gasteiger partial charge in [-0.3, -0.25) is 24.5 Å². The smallest absolute Gasteiger partial charge is 0.294 e. The van der Waals surface area contributed by atoms with E-state index in [0.717, 1.165) is 72.9 Å². The molecule has 2 N–H and O–H groups in total. The summed E-state index contributed by atoms with van der Waals surface area (Å²) in [6, 6.07) is 30.1. The minimum absolute atomic E-state index is 0.0729. The second kappa shape index (κ2) is 25.0. The Morgan fingerprint density at radius 2 is 1.00 bits per heavy atom. The summed E-state index contributed by atoms with van der Waals surface area (Å²) in [6.45, 7) is 22.1. The van der Waals surface area contributed by atoms with Crippen molar-refractivity contribution in [2.75, 3.05) is 6.61 Å². The zero-order chi connectivity index (χ0) is 47.6. The largest absolute Gasteiger partial charge is 0.494 e. The lowest BCUT2D eigenvalue weighted by atomic mass is 10.0. The summed E-state index contributed by atoms with van der Waals surface area (Å²) in [5.41, 5.74) is 7.62. The summed E-state index contributed by atoms with van der Waals surface area (Å²) in [4.78, 5) is 25.7. The molecule has 15 heteroatoms. The third-order valence-corrected chi connectivity index (χ3v) is 10.6. The number of hydrogen-bond donors (Lipinski definition) is 2. The quantitative estimate of drug-likeness (QED) is 0.0572. The van der Waals surface area contributed by atoms with Gasteiger partial charge in [-0.1, -0.05) is 79.5 Å². The van der Waals surface area contributed by atoms with E-state index in [-0.39, 0.29) is 23.1 Å². The van der Waals surface area contributed by atoms with E-state index in [9.17, 15) is 9.59 Å². The molecule has 0 aliphatic carbocycles. The highest BCUT2D eigenvalue weighted by Gasteiger charge is 2.21. The summed E-state index contributed by atoms with van der Waals surface area (Å²) in [7, 11) is 0. The molecule has 2 atom stereocenters. The Bertz CT molecular complexity index is 2650. The number of H-pyrrole nitrogens is 2. The Morgan fingerprint density at radius 3 is 1.44 bits per heavy atom. The number of rotatable bonds is 20. The summed E-state index contributed by atoms with van der Waals surface area (Å²) in [6.07, 6.45) is 4.64. The molecule has 0 saturated heterocycles. The van der Waals surface area contributed by atoms with Crippen molar-refractivity contribution >= 4 is 45.5 Å². The number of aromatic nitrogens is 4. The highest BCUT2D eigenvalue weighted by Crippen LogP contribution is 2.29. The normalized spacial score (nSPS) is 12.8. The number of ether oxygens (including phenoxy) is 1. The van der Waals surface area contributed by atoms with E-state index in [1.165, 1.54) is 5.56 Å². The van der Waals surface area contributed by atoms with E-state index in [2.05, 4.69) is 107 Å². The Balaban J connectivity index is 0.000000249. The lowest BCUT2D eigenvalue weighted by molar-refractivity contribution is 0.309. The van der Waals surface area contributed by atoms with Crippen LogP contribution < -0.4 is 15.9 Å². The van der Waals surface area contributed by atoms with Crippen molar-refractivity contribution in [3.05, 3.63) is 135 Å². The molecular weight excluding hydrogens is 829 g/mol. The average molecular weight is 895 g/mol. The van der Waals surface area contributed by atoms with Gasteiger partial charge in [-0.15, -0.1) is 10.2 Å². The van der Waals surface area contributed by atoms with Gasteiger partial charge in [-0.25, -0.2) is 4.68 Å². The van der Waals surface area contributed by atoms with Crippen molar-refractivity contribution in [2.24, 2.45) is 52.7 Å². The van der Waals surface area contributed by atoms with Crippen LogP contribution in [0.1, 0.15) is 117 Å². The molecule has 0 fully saturated rings. The predicted molar refractivity (Wildman–Crippen MR) is 265 cm³/mol. The highest BCUT2D eigenvalue weighted by molar-refractivity contribution is 5.50. The molecule has 0 bridgehead atoms. The minimum atomic E-state index is -0.134. The summed E-state index contributed by atoms with van der Waals surface area (Å²) >= 11 is 0. The van der Waals surface area contributed by atoms with Crippen molar-refractivity contribution in [2.45, 2.75) is 120 Å². The Hall–Kier alpha value is -6.90. The van der Waals surface area contributed by atoms with Gasteiger partial charge in [0.05, 0.1) is 58.2 Å². The van der Waals surface area contributed by atoms with Crippen molar-refractivity contribution in [3.8, 4) is 5.75 Å². The molecule has 2 aromatic heterocycles. The SMILES string of the molecule is CCCCOc1ccc(N=Nc2ccc(N=Nc3c(C(C)CC)[nH]n(C(C)CC)c3=O)cc2)cc1.Cc1ccc(N=Nc2ccc(N=Nc3c(CC(C)C)[nH]n(CC(C)C)c3=O)cc2)cc1. The number of nitrogens with one attached hydrogen (secondary N) is 2.